The van der Waals surface area contributed by atoms with Gasteiger partial charge in [0.1, 0.15) is 10.8 Å². The molecule has 0 aliphatic carbocycles. The first kappa shape index (κ1) is 14.7. The van der Waals surface area contributed by atoms with Crippen molar-refractivity contribution in [2.75, 3.05) is 7.11 Å². The number of hydrogen-bond donors (Lipinski definition) is 1. The molecule has 1 aliphatic heterocycles. The van der Waals surface area contributed by atoms with Crippen LogP contribution in [0.25, 0.3) is 6.08 Å². The highest BCUT2D eigenvalue weighted by atomic mass is 32.2. The van der Waals surface area contributed by atoms with Gasteiger partial charge in [0, 0.05) is 0 Å². The first-order chi connectivity index (χ1) is 10.6. The number of aryl methyl sites for hydroxylation is 1. The molecule has 1 aliphatic rings. The van der Waals surface area contributed by atoms with Crippen molar-refractivity contribution >= 4 is 45.4 Å². The zero-order chi connectivity index (χ0) is 15.5. The van der Waals surface area contributed by atoms with Crippen molar-refractivity contribution in [3.63, 3.8) is 0 Å². The van der Waals surface area contributed by atoms with E-state index in [1.807, 2.05) is 37.3 Å². The third-order valence-corrected chi connectivity index (χ3v) is 4.42. The van der Waals surface area contributed by atoms with Gasteiger partial charge in [0.25, 0.3) is 5.91 Å². The molecule has 0 saturated carbocycles. The molecule has 8 heteroatoms. The van der Waals surface area contributed by atoms with Crippen LogP contribution in [0.1, 0.15) is 10.6 Å². The summed E-state index contributed by atoms with van der Waals surface area (Å²) in [6.45, 7) is 1.86. The molecule has 0 radical (unpaired) electrons. The lowest BCUT2D eigenvalue weighted by molar-refractivity contribution is -0.115. The average Bonchev–Trinajstić information content (AvgIpc) is 3.06. The number of methoxy groups -OCH3 is 1. The number of nitrogens with zero attached hydrogens (tertiary/aromatic N) is 3. The van der Waals surface area contributed by atoms with Crippen molar-refractivity contribution in [1.29, 1.82) is 0 Å². The predicted octanol–water partition coefficient (Wildman–Crippen LogP) is 2.75. The second-order valence-electron chi connectivity index (χ2n) is 4.36. The third-order valence-electron chi connectivity index (χ3n) is 2.78. The SMILES string of the molecule is COc1ccc(/C=C2\SC(=Nc3nnc(C)s3)NC2=O)cc1. The molecule has 1 aromatic heterocycles. The Hall–Kier alpha value is -2.19. The minimum atomic E-state index is -0.166. The smallest absolute Gasteiger partial charge is 0.264 e. The zero-order valence-electron chi connectivity index (χ0n) is 11.9. The molecular weight excluding hydrogens is 320 g/mol. The normalized spacial score (nSPS) is 18.0. The monoisotopic (exact) mass is 332 g/mol. The first-order valence-corrected chi connectivity index (χ1v) is 8.01. The van der Waals surface area contributed by atoms with Crippen molar-refractivity contribution in [2.45, 2.75) is 6.92 Å². The topological polar surface area (TPSA) is 76.5 Å². The fourth-order valence-corrected chi connectivity index (χ4v) is 3.20. The van der Waals surface area contributed by atoms with E-state index >= 15 is 0 Å². The van der Waals surface area contributed by atoms with Crippen molar-refractivity contribution in [2.24, 2.45) is 4.99 Å². The Morgan fingerprint density at radius 1 is 1.27 bits per heavy atom. The molecule has 0 spiro atoms. The average molecular weight is 332 g/mol. The van der Waals surface area contributed by atoms with Gasteiger partial charge in [0.15, 0.2) is 5.17 Å². The summed E-state index contributed by atoms with van der Waals surface area (Å²) < 4.78 is 5.11. The number of thioether (sulfide) groups is 1. The number of nitrogens with one attached hydrogen (secondary N) is 1. The van der Waals surface area contributed by atoms with Gasteiger partial charge in [-0.15, -0.1) is 10.2 Å². The number of hydrogen-bond acceptors (Lipinski definition) is 7. The highest BCUT2D eigenvalue weighted by Crippen LogP contribution is 2.29. The Bertz CT molecular complexity index is 765. The summed E-state index contributed by atoms with van der Waals surface area (Å²) >= 11 is 2.66. The molecule has 2 aromatic rings. The molecule has 0 atom stereocenters. The minimum absolute atomic E-state index is 0.166. The van der Waals surface area contributed by atoms with Gasteiger partial charge in [-0.25, -0.2) is 0 Å². The summed E-state index contributed by atoms with van der Waals surface area (Å²) in [6.07, 6.45) is 1.81. The quantitative estimate of drug-likeness (QED) is 0.875. The Morgan fingerprint density at radius 3 is 2.68 bits per heavy atom. The molecule has 1 fully saturated rings. The molecule has 2 heterocycles. The Kier molecular flexibility index (Phi) is 4.21. The van der Waals surface area contributed by atoms with Crippen LogP contribution in [-0.4, -0.2) is 28.4 Å². The number of carbonyl (C=O) groups excluding carboxylic acids is 1. The van der Waals surface area contributed by atoms with Crippen LogP contribution >= 0.6 is 23.1 Å². The second kappa shape index (κ2) is 6.29. The third kappa shape index (κ3) is 3.34. The number of rotatable bonds is 3. The highest BCUT2D eigenvalue weighted by molar-refractivity contribution is 8.18. The van der Waals surface area contributed by atoms with Crippen LogP contribution in [-0.2, 0) is 4.79 Å². The van der Waals surface area contributed by atoms with Crippen LogP contribution in [0.15, 0.2) is 34.2 Å². The van der Waals surface area contributed by atoms with Crippen LogP contribution in [0.4, 0.5) is 5.13 Å². The van der Waals surface area contributed by atoms with Crippen LogP contribution in [0.3, 0.4) is 0 Å². The summed E-state index contributed by atoms with van der Waals surface area (Å²) in [4.78, 5) is 16.8. The molecule has 0 bridgehead atoms. The molecule has 1 aromatic carbocycles. The van der Waals surface area contributed by atoms with Gasteiger partial charge >= 0.3 is 0 Å². The van der Waals surface area contributed by atoms with Crippen molar-refractivity contribution in [3.8, 4) is 5.75 Å². The first-order valence-electron chi connectivity index (χ1n) is 6.38. The van der Waals surface area contributed by atoms with Gasteiger partial charge in [-0.05, 0) is 42.5 Å². The zero-order valence-corrected chi connectivity index (χ0v) is 13.5. The lowest BCUT2D eigenvalue weighted by Gasteiger charge is -1.99. The summed E-state index contributed by atoms with van der Waals surface area (Å²) in [5, 5.41) is 12.4. The van der Waals surface area contributed by atoms with Crippen LogP contribution in [0.5, 0.6) is 5.75 Å². The van der Waals surface area contributed by atoms with Crippen molar-refractivity contribution < 1.29 is 9.53 Å². The highest BCUT2D eigenvalue weighted by Gasteiger charge is 2.24. The predicted molar refractivity (Wildman–Crippen MR) is 88.4 cm³/mol. The maximum atomic E-state index is 12.0. The molecule has 22 heavy (non-hydrogen) atoms. The number of aromatic nitrogens is 2. The van der Waals surface area contributed by atoms with E-state index in [9.17, 15) is 4.79 Å². The van der Waals surface area contributed by atoms with Gasteiger partial charge < -0.3 is 10.1 Å². The van der Waals surface area contributed by atoms with Gasteiger partial charge in [0.05, 0.1) is 12.0 Å². The summed E-state index contributed by atoms with van der Waals surface area (Å²) in [6, 6.07) is 7.48. The number of carbonyl (C=O) groups is 1. The molecule has 112 valence electrons. The van der Waals surface area contributed by atoms with Gasteiger partial charge in [-0.2, -0.15) is 4.99 Å². The molecule has 1 saturated heterocycles. The maximum Gasteiger partial charge on any atom is 0.264 e. The molecule has 6 nitrogen and oxygen atoms in total. The van der Waals surface area contributed by atoms with Crippen molar-refractivity contribution in [3.05, 3.63) is 39.7 Å². The van der Waals surface area contributed by atoms with Crippen LogP contribution in [0.2, 0.25) is 0 Å². The molecule has 3 rings (SSSR count). The van der Waals surface area contributed by atoms with Gasteiger partial charge in [-0.3, -0.25) is 4.79 Å². The Labute approximate surface area is 135 Å². The molecular formula is C14H12N4O2S2. The fourth-order valence-electron chi connectivity index (χ4n) is 1.75. The summed E-state index contributed by atoms with van der Waals surface area (Å²) in [5.41, 5.74) is 0.923. The van der Waals surface area contributed by atoms with E-state index in [2.05, 4.69) is 20.5 Å². The van der Waals surface area contributed by atoms with E-state index in [0.29, 0.717) is 15.2 Å². The lowest BCUT2D eigenvalue weighted by atomic mass is 10.2. The number of amidine groups is 1. The summed E-state index contributed by atoms with van der Waals surface area (Å²) in [7, 11) is 1.62. The van der Waals surface area contributed by atoms with Gasteiger partial charge in [-0.1, -0.05) is 23.5 Å². The van der Waals surface area contributed by atoms with E-state index < -0.39 is 0 Å². The van der Waals surface area contributed by atoms with Crippen LogP contribution in [0, 0.1) is 6.92 Å². The van der Waals surface area contributed by atoms with E-state index in [1.54, 1.807) is 7.11 Å². The Balaban J connectivity index is 1.79. The fraction of sp³-hybridized carbons (Fsp3) is 0.143. The minimum Gasteiger partial charge on any atom is -0.497 e. The molecule has 1 N–H and O–H groups in total. The van der Waals surface area contributed by atoms with Gasteiger partial charge in [0.2, 0.25) is 5.13 Å². The van der Waals surface area contributed by atoms with Crippen molar-refractivity contribution in [1.82, 2.24) is 15.5 Å². The van der Waals surface area contributed by atoms with E-state index in [4.69, 9.17) is 4.74 Å². The van der Waals surface area contributed by atoms with Crippen LogP contribution < -0.4 is 10.1 Å². The largest absolute Gasteiger partial charge is 0.497 e. The van der Waals surface area contributed by atoms with E-state index in [-0.39, 0.29) is 5.91 Å². The van der Waals surface area contributed by atoms with E-state index in [0.717, 1.165) is 16.3 Å². The number of benzene rings is 1. The summed E-state index contributed by atoms with van der Waals surface area (Å²) in [5.74, 6) is 0.611. The second-order valence-corrected chi connectivity index (χ2v) is 6.55. The van der Waals surface area contributed by atoms with E-state index in [1.165, 1.54) is 23.1 Å². The maximum absolute atomic E-state index is 12.0. The number of aliphatic imine (C=N–C) groups is 1. The number of amides is 1. The number of ether oxygens (including phenoxy) is 1. The Morgan fingerprint density at radius 2 is 2.05 bits per heavy atom. The lowest BCUT2D eigenvalue weighted by Crippen LogP contribution is -2.19. The standard InChI is InChI=1S/C14H12N4O2S2/c1-8-17-18-14(21-8)16-13-15-12(19)11(22-13)7-9-3-5-10(20-2)6-4-9/h3-7H,1-2H3,(H,15,16,18,19)/b11-7-. The molecule has 1 amide bonds. The molecule has 0 unspecified atom stereocenters.